The Labute approximate surface area is 167 Å². The lowest BCUT2D eigenvalue weighted by atomic mass is 9.97. The summed E-state index contributed by atoms with van der Waals surface area (Å²) >= 11 is 3.03. The van der Waals surface area contributed by atoms with Gasteiger partial charge in [-0.25, -0.2) is 15.0 Å². The lowest BCUT2D eigenvalue weighted by Gasteiger charge is -2.14. The van der Waals surface area contributed by atoms with Gasteiger partial charge in [-0.05, 0) is 18.6 Å². The van der Waals surface area contributed by atoms with E-state index in [-0.39, 0.29) is 5.56 Å². The Hall–Kier alpha value is -3.30. The normalized spacial score (nSPS) is 11.5. The van der Waals surface area contributed by atoms with Gasteiger partial charge in [-0.2, -0.15) is 0 Å². The number of primary amides is 1. The lowest BCUT2D eigenvalue weighted by molar-refractivity contribution is 0.100. The third-order valence-corrected chi connectivity index (χ3v) is 6.25. The first-order valence-corrected chi connectivity index (χ1v) is 10.1. The van der Waals surface area contributed by atoms with Crippen molar-refractivity contribution < 1.29 is 4.79 Å². The summed E-state index contributed by atoms with van der Waals surface area (Å²) in [5.41, 5.74) is 19.0. The highest BCUT2D eigenvalue weighted by Crippen LogP contribution is 2.38. The van der Waals surface area contributed by atoms with Crippen molar-refractivity contribution in [3.8, 4) is 21.8 Å². The van der Waals surface area contributed by atoms with Crippen molar-refractivity contribution in [3.05, 3.63) is 52.7 Å². The number of aromatic nitrogens is 4. The van der Waals surface area contributed by atoms with Crippen molar-refractivity contribution in [1.82, 2.24) is 19.4 Å². The fraction of sp³-hybridized carbons (Fsp3) is 0.0526. The van der Waals surface area contributed by atoms with Crippen LogP contribution in [0.15, 0.2) is 41.6 Å². The van der Waals surface area contributed by atoms with E-state index < -0.39 is 5.91 Å². The molecule has 0 aliphatic heterocycles. The molecule has 4 N–H and O–H groups in total. The van der Waals surface area contributed by atoms with Crippen molar-refractivity contribution in [1.29, 1.82) is 0 Å². The molecule has 5 aromatic rings. The zero-order valence-electron chi connectivity index (χ0n) is 14.7. The van der Waals surface area contributed by atoms with E-state index in [4.69, 9.17) is 11.5 Å². The molecule has 0 saturated carbocycles. The molecule has 1 aromatic carbocycles. The van der Waals surface area contributed by atoms with Crippen LogP contribution in [0.4, 0.5) is 5.69 Å². The molecular formula is C19H14N6OS2. The predicted octanol–water partition coefficient (Wildman–Crippen LogP) is 3.72. The Balaban J connectivity index is 1.87. The zero-order valence-corrected chi connectivity index (χ0v) is 16.3. The van der Waals surface area contributed by atoms with Gasteiger partial charge in [-0.15, -0.1) is 22.7 Å². The summed E-state index contributed by atoms with van der Waals surface area (Å²) in [6.07, 6.45) is 5.42. The Morgan fingerprint density at radius 1 is 1.18 bits per heavy atom. The molecule has 9 heteroatoms. The van der Waals surface area contributed by atoms with Gasteiger partial charge in [0.05, 0.1) is 21.4 Å². The molecule has 0 spiro atoms. The van der Waals surface area contributed by atoms with Gasteiger partial charge in [-0.3, -0.25) is 4.79 Å². The maximum absolute atomic E-state index is 12.3. The van der Waals surface area contributed by atoms with Crippen molar-refractivity contribution in [3.63, 3.8) is 0 Å². The highest BCUT2D eigenvalue weighted by atomic mass is 32.1. The first kappa shape index (κ1) is 16.8. The average molecular weight is 406 g/mol. The van der Waals surface area contributed by atoms with Crippen LogP contribution in [-0.4, -0.2) is 25.3 Å². The Bertz CT molecular complexity index is 1370. The smallest absolute Gasteiger partial charge is 0.254 e. The Kier molecular flexibility index (Phi) is 3.68. The summed E-state index contributed by atoms with van der Waals surface area (Å²) in [5, 5.41) is 2.64. The number of nitrogen functional groups attached to an aromatic ring is 1. The van der Waals surface area contributed by atoms with Gasteiger partial charge in [0, 0.05) is 35.1 Å². The summed E-state index contributed by atoms with van der Waals surface area (Å²) in [6, 6.07) is 4.06. The molecule has 1 amide bonds. The van der Waals surface area contributed by atoms with Gasteiger partial charge in [0.2, 0.25) is 0 Å². The van der Waals surface area contributed by atoms with Crippen molar-refractivity contribution >= 4 is 50.1 Å². The molecule has 0 atom stereocenters. The molecule has 4 aromatic heterocycles. The molecule has 4 heterocycles. The number of hydrogen-bond acceptors (Lipinski definition) is 7. The van der Waals surface area contributed by atoms with E-state index in [2.05, 4.69) is 15.0 Å². The minimum Gasteiger partial charge on any atom is -0.397 e. The van der Waals surface area contributed by atoms with Gasteiger partial charge in [-0.1, -0.05) is 6.07 Å². The molecule has 0 aliphatic rings. The maximum Gasteiger partial charge on any atom is 0.254 e. The highest BCUT2D eigenvalue weighted by molar-refractivity contribution is 7.16. The number of fused-ring (bicyclic) bond motifs is 2. The molecule has 0 radical (unpaired) electrons. The maximum atomic E-state index is 12.3. The number of rotatable bonds is 3. The Morgan fingerprint density at radius 2 is 2.04 bits per heavy atom. The number of imidazole rings is 1. The number of nitrogens with zero attached hydrogens (tertiary/aromatic N) is 4. The van der Waals surface area contributed by atoms with E-state index in [1.165, 1.54) is 11.3 Å². The quantitative estimate of drug-likeness (QED) is 0.474. The average Bonchev–Trinajstić information content (AvgIpc) is 3.40. The second-order valence-electron chi connectivity index (χ2n) is 6.35. The standard InChI is InChI=1S/C19H14N6OS2/c1-9-2-3-12-16(23-8-28-12)13(9)10-6-25-7-11(19-22-4-5-27-19)24-18(25)14(15(10)20)17(21)26/h2-8H,20H2,1H3,(H2,21,26). The molecule has 28 heavy (non-hydrogen) atoms. The number of amides is 1. The van der Waals surface area contributed by atoms with Crippen LogP contribution in [0.1, 0.15) is 15.9 Å². The molecule has 7 nitrogen and oxygen atoms in total. The van der Waals surface area contributed by atoms with Crippen LogP contribution in [0.25, 0.3) is 37.7 Å². The van der Waals surface area contributed by atoms with Gasteiger partial charge >= 0.3 is 0 Å². The number of pyridine rings is 1. The second-order valence-corrected chi connectivity index (χ2v) is 8.13. The number of benzene rings is 1. The molecule has 138 valence electrons. The monoisotopic (exact) mass is 406 g/mol. The number of thiazole rings is 2. The molecule has 0 bridgehead atoms. The first-order valence-electron chi connectivity index (χ1n) is 8.38. The number of carbonyl (C=O) groups excluding carboxylic acids is 1. The van der Waals surface area contributed by atoms with E-state index in [0.29, 0.717) is 22.6 Å². The van der Waals surface area contributed by atoms with Crippen LogP contribution in [0.3, 0.4) is 0 Å². The summed E-state index contributed by atoms with van der Waals surface area (Å²) < 4.78 is 2.84. The third-order valence-electron chi connectivity index (χ3n) is 4.66. The summed E-state index contributed by atoms with van der Waals surface area (Å²) in [7, 11) is 0. The molecule has 0 saturated heterocycles. The first-order chi connectivity index (χ1) is 13.5. The van der Waals surface area contributed by atoms with Crippen molar-refractivity contribution in [2.45, 2.75) is 6.92 Å². The number of hydrogen-bond donors (Lipinski definition) is 2. The highest BCUT2D eigenvalue weighted by Gasteiger charge is 2.22. The van der Waals surface area contributed by atoms with Crippen LogP contribution in [-0.2, 0) is 0 Å². The fourth-order valence-corrected chi connectivity index (χ4v) is 4.68. The Morgan fingerprint density at radius 3 is 2.79 bits per heavy atom. The molecular weight excluding hydrogens is 392 g/mol. The molecule has 5 rings (SSSR count). The van der Waals surface area contributed by atoms with Gasteiger partial charge in [0.1, 0.15) is 16.3 Å². The van der Waals surface area contributed by atoms with E-state index in [1.54, 1.807) is 27.4 Å². The SMILES string of the molecule is Cc1ccc2scnc2c1-c1cn2cc(-c3nccs3)nc2c(C(N)=O)c1N. The minimum absolute atomic E-state index is 0.201. The van der Waals surface area contributed by atoms with E-state index in [1.807, 2.05) is 36.8 Å². The largest absolute Gasteiger partial charge is 0.397 e. The van der Waals surface area contributed by atoms with Gasteiger partial charge < -0.3 is 15.9 Å². The summed E-state index contributed by atoms with van der Waals surface area (Å²) in [5.74, 6) is -0.622. The van der Waals surface area contributed by atoms with Crippen molar-refractivity contribution in [2.24, 2.45) is 5.73 Å². The number of carbonyl (C=O) groups is 1. The molecule has 0 unspecified atom stereocenters. The zero-order chi connectivity index (χ0) is 19.4. The minimum atomic E-state index is -0.622. The van der Waals surface area contributed by atoms with Gasteiger partial charge in [0.25, 0.3) is 5.91 Å². The van der Waals surface area contributed by atoms with Crippen LogP contribution in [0.5, 0.6) is 0 Å². The summed E-state index contributed by atoms with van der Waals surface area (Å²) in [6.45, 7) is 2.00. The van der Waals surface area contributed by atoms with E-state index >= 15 is 0 Å². The van der Waals surface area contributed by atoms with Crippen LogP contribution >= 0.6 is 22.7 Å². The van der Waals surface area contributed by atoms with Gasteiger partial charge in [0.15, 0.2) is 5.65 Å². The topological polar surface area (TPSA) is 112 Å². The van der Waals surface area contributed by atoms with Crippen molar-refractivity contribution in [2.75, 3.05) is 5.73 Å². The second kappa shape index (κ2) is 6.11. The molecule has 0 fully saturated rings. The van der Waals surface area contributed by atoms with Crippen LogP contribution in [0.2, 0.25) is 0 Å². The van der Waals surface area contributed by atoms with Crippen LogP contribution < -0.4 is 11.5 Å². The predicted molar refractivity (Wildman–Crippen MR) is 113 cm³/mol. The summed E-state index contributed by atoms with van der Waals surface area (Å²) in [4.78, 5) is 25.6. The fourth-order valence-electron chi connectivity index (χ4n) is 3.41. The number of nitrogens with two attached hydrogens (primary N) is 2. The van der Waals surface area contributed by atoms with E-state index in [9.17, 15) is 4.79 Å². The number of aryl methyl sites for hydroxylation is 1. The van der Waals surface area contributed by atoms with E-state index in [0.717, 1.165) is 26.4 Å². The molecule has 0 aliphatic carbocycles. The third kappa shape index (κ3) is 2.40. The number of anilines is 1. The van der Waals surface area contributed by atoms with Crippen LogP contribution in [0, 0.1) is 6.92 Å². The lowest BCUT2D eigenvalue weighted by Crippen LogP contribution is -2.16.